The molecule has 0 aliphatic rings. The number of hydrogen-bond donors (Lipinski definition) is 1. The first kappa shape index (κ1) is 25.3. The van der Waals surface area contributed by atoms with Gasteiger partial charge in [-0.3, -0.25) is 14.2 Å². The summed E-state index contributed by atoms with van der Waals surface area (Å²) in [4.78, 5) is 23.7. The van der Waals surface area contributed by atoms with E-state index in [0.29, 0.717) is 30.6 Å². The molecule has 0 bridgehead atoms. The molecule has 0 fully saturated rings. The van der Waals surface area contributed by atoms with Gasteiger partial charge in [0.2, 0.25) is 5.91 Å². The van der Waals surface area contributed by atoms with E-state index in [1.807, 2.05) is 66.9 Å². The lowest BCUT2D eigenvalue weighted by atomic mass is 10.1. The number of nitrogens with one attached hydrogen (secondary N) is 1. The first-order valence-electron chi connectivity index (χ1n) is 11.2. The van der Waals surface area contributed by atoms with E-state index in [1.54, 1.807) is 6.92 Å². The summed E-state index contributed by atoms with van der Waals surface area (Å²) < 4.78 is 12.9. The second kappa shape index (κ2) is 12.8. The quantitative estimate of drug-likeness (QED) is 0.237. The van der Waals surface area contributed by atoms with Gasteiger partial charge in [-0.1, -0.05) is 48.2 Å². The number of aryl methyl sites for hydroxylation is 2. The number of benzene rings is 2. The van der Waals surface area contributed by atoms with Crippen LogP contribution in [0, 0.1) is 13.8 Å². The predicted molar refractivity (Wildman–Crippen MR) is 131 cm³/mol. The van der Waals surface area contributed by atoms with Crippen molar-refractivity contribution in [3.63, 3.8) is 0 Å². The van der Waals surface area contributed by atoms with Crippen LogP contribution in [0.15, 0.2) is 53.7 Å². The van der Waals surface area contributed by atoms with Crippen molar-refractivity contribution in [1.82, 2.24) is 20.1 Å². The SMILES string of the molecule is CCOC(=O)CCCNC(=O)CSc1nnc(COc2c(C)cccc2C)n1-c1ccccc1. The highest BCUT2D eigenvalue weighted by Gasteiger charge is 2.17. The normalized spacial score (nSPS) is 10.7. The molecule has 0 aliphatic heterocycles. The van der Waals surface area contributed by atoms with Crippen molar-refractivity contribution in [1.29, 1.82) is 0 Å². The van der Waals surface area contributed by atoms with Crippen molar-refractivity contribution >= 4 is 23.6 Å². The monoisotopic (exact) mass is 482 g/mol. The van der Waals surface area contributed by atoms with Crippen molar-refractivity contribution in [3.05, 3.63) is 65.5 Å². The molecule has 8 nitrogen and oxygen atoms in total. The number of ether oxygens (including phenoxy) is 2. The number of hydrogen-bond acceptors (Lipinski definition) is 7. The van der Waals surface area contributed by atoms with Gasteiger partial charge in [0.1, 0.15) is 12.4 Å². The molecule has 1 heterocycles. The van der Waals surface area contributed by atoms with Crippen molar-refractivity contribution in [2.45, 2.75) is 45.4 Å². The number of para-hydroxylation sites is 2. The van der Waals surface area contributed by atoms with Crippen LogP contribution in [-0.4, -0.2) is 45.5 Å². The van der Waals surface area contributed by atoms with Gasteiger partial charge >= 0.3 is 5.97 Å². The second-order valence-electron chi connectivity index (χ2n) is 7.63. The molecular formula is C25H30N4O4S. The van der Waals surface area contributed by atoms with E-state index in [1.165, 1.54) is 11.8 Å². The topological polar surface area (TPSA) is 95.3 Å². The Morgan fingerprint density at radius 1 is 1.03 bits per heavy atom. The maximum absolute atomic E-state index is 12.3. The first-order valence-corrected chi connectivity index (χ1v) is 12.2. The zero-order valence-electron chi connectivity index (χ0n) is 19.7. The molecule has 0 saturated carbocycles. The number of aromatic nitrogens is 3. The fourth-order valence-corrected chi connectivity index (χ4v) is 4.16. The van der Waals surface area contributed by atoms with Crippen LogP contribution in [0.1, 0.15) is 36.7 Å². The summed E-state index contributed by atoms with van der Waals surface area (Å²) in [5.74, 6) is 1.28. The van der Waals surface area contributed by atoms with Gasteiger partial charge in [0.15, 0.2) is 11.0 Å². The van der Waals surface area contributed by atoms with Crippen LogP contribution in [0.4, 0.5) is 0 Å². The van der Waals surface area contributed by atoms with Crippen molar-refractivity contribution < 1.29 is 19.1 Å². The Kier molecular flexibility index (Phi) is 9.51. The van der Waals surface area contributed by atoms with Crippen LogP contribution >= 0.6 is 11.8 Å². The lowest BCUT2D eigenvalue weighted by molar-refractivity contribution is -0.143. The van der Waals surface area contributed by atoms with Crippen molar-refractivity contribution in [2.75, 3.05) is 18.9 Å². The molecule has 34 heavy (non-hydrogen) atoms. The number of carbonyl (C=O) groups is 2. The average molecular weight is 483 g/mol. The number of nitrogens with zero attached hydrogens (tertiary/aromatic N) is 3. The van der Waals surface area contributed by atoms with Gasteiger partial charge in [0.25, 0.3) is 0 Å². The fraction of sp³-hybridized carbons (Fsp3) is 0.360. The van der Waals surface area contributed by atoms with Crippen LogP contribution in [0.25, 0.3) is 5.69 Å². The summed E-state index contributed by atoms with van der Waals surface area (Å²) in [6, 6.07) is 15.8. The molecule has 0 atom stereocenters. The molecule has 0 unspecified atom stereocenters. The van der Waals surface area contributed by atoms with Gasteiger partial charge in [0, 0.05) is 18.7 Å². The van der Waals surface area contributed by atoms with Crippen molar-refractivity contribution in [2.24, 2.45) is 0 Å². The van der Waals surface area contributed by atoms with Crippen molar-refractivity contribution in [3.8, 4) is 11.4 Å². The minimum absolute atomic E-state index is 0.134. The summed E-state index contributed by atoms with van der Waals surface area (Å²) in [6.45, 7) is 6.81. The largest absolute Gasteiger partial charge is 0.485 e. The standard InChI is InChI=1S/C25H30N4O4S/c1-4-32-23(31)14-9-15-26-22(30)17-34-25-28-27-21(29(25)20-12-6-5-7-13-20)16-33-24-18(2)10-8-11-19(24)3/h5-8,10-13H,4,9,14-17H2,1-3H3,(H,26,30). The Labute approximate surface area is 204 Å². The van der Waals surface area contributed by atoms with Gasteiger partial charge < -0.3 is 14.8 Å². The smallest absolute Gasteiger partial charge is 0.305 e. The molecule has 3 aromatic rings. The Hall–Kier alpha value is -3.33. The maximum atomic E-state index is 12.3. The number of esters is 1. The highest BCUT2D eigenvalue weighted by Crippen LogP contribution is 2.26. The molecule has 0 radical (unpaired) electrons. The Balaban J connectivity index is 1.64. The molecule has 0 spiro atoms. The minimum Gasteiger partial charge on any atom is -0.485 e. The maximum Gasteiger partial charge on any atom is 0.305 e. The van der Waals surface area contributed by atoms with Gasteiger partial charge in [-0.05, 0) is 50.5 Å². The van der Waals surface area contributed by atoms with Gasteiger partial charge in [-0.15, -0.1) is 10.2 Å². The van der Waals surface area contributed by atoms with Gasteiger partial charge in [0.05, 0.1) is 12.4 Å². The number of rotatable bonds is 12. The lowest BCUT2D eigenvalue weighted by Crippen LogP contribution is -2.26. The summed E-state index contributed by atoms with van der Waals surface area (Å²) in [5, 5.41) is 12.1. The summed E-state index contributed by atoms with van der Waals surface area (Å²) in [7, 11) is 0. The van der Waals surface area contributed by atoms with E-state index in [-0.39, 0.29) is 30.7 Å². The van der Waals surface area contributed by atoms with E-state index in [2.05, 4.69) is 15.5 Å². The van der Waals surface area contributed by atoms with Crippen LogP contribution in [0.5, 0.6) is 5.75 Å². The molecular weight excluding hydrogens is 452 g/mol. The first-order chi connectivity index (χ1) is 16.5. The summed E-state index contributed by atoms with van der Waals surface area (Å²) >= 11 is 1.30. The number of thioether (sulfide) groups is 1. The van der Waals surface area contributed by atoms with E-state index in [9.17, 15) is 9.59 Å². The number of amides is 1. The highest BCUT2D eigenvalue weighted by molar-refractivity contribution is 7.99. The molecule has 1 N–H and O–H groups in total. The lowest BCUT2D eigenvalue weighted by Gasteiger charge is -2.13. The predicted octanol–water partition coefficient (Wildman–Crippen LogP) is 4.01. The van der Waals surface area contributed by atoms with E-state index < -0.39 is 0 Å². The fourth-order valence-electron chi connectivity index (χ4n) is 3.36. The van der Waals surface area contributed by atoms with Crippen LogP contribution in [0.2, 0.25) is 0 Å². The third-order valence-corrected chi connectivity index (χ3v) is 5.92. The van der Waals surface area contributed by atoms with Crippen LogP contribution < -0.4 is 10.1 Å². The Bertz CT molecular complexity index is 1080. The molecule has 0 aliphatic carbocycles. The molecule has 1 amide bonds. The summed E-state index contributed by atoms with van der Waals surface area (Å²) in [5.41, 5.74) is 3.00. The molecule has 3 rings (SSSR count). The molecule has 2 aromatic carbocycles. The van der Waals surface area contributed by atoms with Crippen LogP contribution in [0.3, 0.4) is 0 Å². The molecule has 9 heteroatoms. The highest BCUT2D eigenvalue weighted by atomic mass is 32.2. The number of carbonyl (C=O) groups excluding carboxylic acids is 2. The Morgan fingerprint density at radius 3 is 2.47 bits per heavy atom. The summed E-state index contributed by atoms with van der Waals surface area (Å²) in [6.07, 6.45) is 0.822. The third-order valence-electron chi connectivity index (χ3n) is 4.99. The minimum atomic E-state index is -0.252. The van der Waals surface area contributed by atoms with Crippen LogP contribution in [-0.2, 0) is 20.9 Å². The van der Waals surface area contributed by atoms with E-state index in [4.69, 9.17) is 9.47 Å². The second-order valence-corrected chi connectivity index (χ2v) is 8.57. The zero-order valence-corrected chi connectivity index (χ0v) is 20.6. The zero-order chi connectivity index (χ0) is 24.3. The molecule has 1 aromatic heterocycles. The van der Waals surface area contributed by atoms with Gasteiger partial charge in [-0.2, -0.15) is 0 Å². The Morgan fingerprint density at radius 2 is 1.76 bits per heavy atom. The molecule has 0 saturated heterocycles. The van der Waals surface area contributed by atoms with E-state index in [0.717, 1.165) is 22.6 Å². The average Bonchev–Trinajstić information content (AvgIpc) is 3.23. The van der Waals surface area contributed by atoms with E-state index >= 15 is 0 Å². The van der Waals surface area contributed by atoms with Gasteiger partial charge in [-0.25, -0.2) is 0 Å². The third kappa shape index (κ3) is 7.08. The molecule has 180 valence electrons.